The van der Waals surface area contributed by atoms with Gasteiger partial charge in [0.15, 0.2) is 4.80 Å². The van der Waals surface area contributed by atoms with Crippen molar-refractivity contribution in [2.24, 2.45) is 4.99 Å². The molecule has 0 amide bonds. The van der Waals surface area contributed by atoms with Crippen LogP contribution in [-0.4, -0.2) is 22.1 Å². The van der Waals surface area contributed by atoms with Crippen molar-refractivity contribution in [1.82, 2.24) is 4.57 Å². The van der Waals surface area contributed by atoms with Gasteiger partial charge in [0.2, 0.25) is 5.82 Å². The topological polar surface area (TPSA) is 117 Å². The molecule has 39 heavy (non-hydrogen) atoms. The predicted octanol–water partition coefficient (Wildman–Crippen LogP) is 4.24. The van der Waals surface area contributed by atoms with Crippen LogP contribution in [0.1, 0.15) is 31.2 Å². The number of ether oxygens (including phenoxy) is 1. The number of nitro benzene ring substituents is 1. The molecule has 1 aliphatic rings. The van der Waals surface area contributed by atoms with Crippen LogP contribution in [0.3, 0.4) is 0 Å². The van der Waals surface area contributed by atoms with Crippen molar-refractivity contribution in [2.45, 2.75) is 19.9 Å². The first-order valence-electron chi connectivity index (χ1n) is 11.7. The largest absolute Gasteiger partial charge is 0.463 e. The molecule has 0 radical (unpaired) electrons. The first-order valence-corrected chi connectivity index (χ1v) is 12.5. The summed E-state index contributed by atoms with van der Waals surface area (Å²) in [5, 5.41) is 11.1. The quantitative estimate of drug-likeness (QED) is 0.201. The van der Waals surface area contributed by atoms with Crippen LogP contribution in [0.5, 0.6) is 0 Å². The Balaban J connectivity index is 1.61. The molecule has 0 saturated carbocycles. The van der Waals surface area contributed by atoms with Gasteiger partial charge in [0, 0.05) is 17.7 Å². The van der Waals surface area contributed by atoms with E-state index in [0.717, 1.165) is 23.5 Å². The molecular formula is C27H19F2N3O6S. The van der Waals surface area contributed by atoms with E-state index in [1.165, 1.54) is 41.0 Å². The molecule has 198 valence electrons. The molecule has 0 bridgehead atoms. The average Bonchev–Trinajstić information content (AvgIpc) is 3.48. The fourth-order valence-corrected chi connectivity index (χ4v) is 5.30. The van der Waals surface area contributed by atoms with Crippen molar-refractivity contribution >= 4 is 29.1 Å². The van der Waals surface area contributed by atoms with Crippen molar-refractivity contribution in [3.05, 3.63) is 119 Å². The van der Waals surface area contributed by atoms with Gasteiger partial charge in [-0.25, -0.2) is 14.2 Å². The molecule has 0 saturated heterocycles. The third kappa shape index (κ3) is 4.81. The highest BCUT2D eigenvalue weighted by Gasteiger charge is 2.33. The van der Waals surface area contributed by atoms with Crippen LogP contribution in [-0.2, 0) is 9.53 Å². The Bertz CT molecular complexity index is 1840. The zero-order valence-corrected chi connectivity index (χ0v) is 21.3. The van der Waals surface area contributed by atoms with Crippen LogP contribution in [0, 0.1) is 21.7 Å². The number of aromatic nitrogens is 1. The van der Waals surface area contributed by atoms with Crippen molar-refractivity contribution < 1.29 is 27.7 Å². The van der Waals surface area contributed by atoms with Crippen LogP contribution in [0.4, 0.5) is 14.5 Å². The third-order valence-corrected chi connectivity index (χ3v) is 7.01. The number of allylic oxidation sites excluding steroid dienone is 1. The lowest BCUT2D eigenvalue weighted by molar-refractivity contribution is -0.387. The number of rotatable bonds is 6. The van der Waals surface area contributed by atoms with E-state index in [0.29, 0.717) is 16.1 Å². The minimum absolute atomic E-state index is 0.119. The molecule has 0 N–H and O–H groups in total. The Labute approximate surface area is 222 Å². The van der Waals surface area contributed by atoms with Gasteiger partial charge in [0.05, 0.1) is 33.4 Å². The molecule has 12 heteroatoms. The van der Waals surface area contributed by atoms with Crippen LogP contribution in [0.15, 0.2) is 80.1 Å². The van der Waals surface area contributed by atoms with E-state index in [2.05, 4.69) is 4.99 Å². The number of furan rings is 1. The number of thiazole rings is 1. The highest BCUT2D eigenvalue weighted by Crippen LogP contribution is 2.31. The number of halogens is 2. The second kappa shape index (κ2) is 10.2. The fraction of sp³-hybridized carbons (Fsp3) is 0.148. The summed E-state index contributed by atoms with van der Waals surface area (Å²) in [4.78, 5) is 41.6. The normalized spacial score (nSPS) is 15.2. The molecule has 1 aliphatic heterocycles. The Hall–Kier alpha value is -4.71. The Kier molecular flexibility index (Phi) is 6.79. The number of nitro groups is 1. The number of hydrogen-bond donors (Lipinski definition) is 0. The molecule has 5 rings (SSSR count). The van der Waals surface area contributed by atoms with Crippen LogP contribution >= 0.6 is 11.3 Å². The highest BCUT2D eigenvalue weighted by atomic mass is 32.1. The molecular weight excluding hydrogens is 532 g/mol. The summed E-state index contributed by atoms with van der Waals surface area (Å²) in [6.45, 7) is 3.42. The fourth-order valence-electron chi connectivity index (χ4n) is 4.27. The maximum Gasteiger partial charge on any atom is 0.338 e. The highest BCUT2D eigenvalue weighted by molar-refractivity contribution is 7.07. The lowest BCUT2D eigenvalue weighted by Crippen LogP contribution is -2.39. The number of carbonyl (C=O) groups is 1. The monoisotopic (exact) mass is 551 g/mol. The summed E-state index contributed by atoms with van der Waals surface area (Å²) >= 11 is 1.07. The molecule has 4 aromatic rings. The number of benzene rings is 2. The first kappa shape index (κ1) is 25.9. The number of fused-ring (bicyclic) bond motifs is 1. The molecule has 2 aromatic carbocycles. The van der Waals surface area contributed by atoms with E-state index in [9.17, 15) is 28.5 Å². The van der Waals surface area contributed by atoms with Gasteiger partial charge in [-0.1, -0.05) is 23.5 Å². The van der Waals surface area contributed by atoms with Crippen LogP contribution < -0.4 is 14.9 Å². The first-order chi connectivity index (χ1) is 18.7. The standard InChI is InChI=1S/C27H19F2N3O6S/c1-3-37-26(34)23-14(2)30-27-31(24(23)15-4-7-17(28)8-5-15)25(33)22(39-27)13-18-9-11-21(38-18)16-6-10-19(29)20(12-16)32(35)36/h4-13,24H,3H2,1-2H3/b22-13-/t24-/m1/s1. The number of esters is 1. The summed E-state index contributed by atoms with van der Waals surface area (Å²) in [7, 11) is 0. The summed E-state index contributed by atoms with van der Waals surface area (Å²) < 4.78 is 40.0. The van der Waals surface area contributed by atoms with Gasteiger partial charge in [-0.2, -0.15) is 4.39 Å². The van der Waals surface area contributed by atoms with E-state index in [1.54, 1.807) is 26.0 Å². The zero-order chi connectivity index (χ0) is 27.8. The van der Waals surface area contributed by atoms with Crippen molar-refractivity contribution in [3.8, 4) is 11.3 Å². The number of hydrogen-bond acceptors (Lipinski definition) is 8. The van der Waals surface area contributed by atoms with Crippen molar-refractivity contribution in [3.63, 3.8) is 0 Å². The summed E-state index contributed by atoms with van der Waals surface area (Å²) in [5.41, 5.74) is 0.175. The smallest absolute Gasteiger partial charge is 0.338 e. The molecule has 0 unspecified atom stereocenters. The van der Waals surface area contributed by atoms with Gasteiger partial charge < -0.3 is 9.15 Å². The summed E-state index contributed by atoms with van der Waals surface area (Å²) in [5.74, 6) is -1.57. The van der Waals surface area contributed by atoms with E-state index in [4.69, 9.17) is 9.15 Å². The third-order valence-electron chi connectivity index (χ3n) is 6.03. The van der Waals surface area contributed by atoms with Crippen LogP contribution in [0.2, 0.25) is 0 Å². The van der Waals surface area contributed by atoms with E-state index in [-0.39, 0.29) is 33.8 Å². The minimum Gasteiger partial charge on any atom is -0.463 e. The van der Waals surface area contributed by atoms with Gasteiger partial charge in [0.1, 0.15) is 17.3 Å². The Morgan fingerprint density at radius 3 is 2.64 bits per heavy atom. The number of nitrogens with zero attached hydrogens (tertiary/aromatic N) is 3. The lowest BCUT2D eigenvalue weighted by Gasteiger charge is -2.24. The molecule has 3 heterocycles. The number of carbonyl (C=O) groups excluding carboxylic acids is 1. The van der Waals surface area contributed by atoms with E-state index < -0.39 is 39.8 Å². The molecule has 0 aliphatic carbocycles. The minimum atomic E-state index is -0.968. The molecule has 1 atom stereocenters. The van der Waals surface area contributed by atoms with Gasteiger partial charge in [-0.3, -0.25) is 19.5 Å². The maximum absolute atomic E-state index is 13.7. The summed E-state index contributed by atoms with van der Waals surface area (Å²) in [6, 6.07) is 11.1. The van der Waals surface area contributed by atoms with Gasteiger partial charge in [0.25, 0.3) is 5.56 Å². The molecule has 9 nitrogen and oxygen atoms in total. The molecule has 0 spiro atoms. The SMILES string of the molecule is CCOC(=O)C1=C(C)N=c2s/c(=C\c3ccc(-c4ccc(F)c([N+](=O)[O-])c4)o3)c(=O)n2[C@@H]1c1ccc(F)cc1. The predicted molar refractivity (Wildman–Crippen MR) is 138 cm³/mol. The Morgan fingerprint density at radius 1 is 1.21 bits per heavy atom. The second-order valence-electron chi connectivity index (χ2n) is 8.48. The van der Waals surface area contributed by atoms with Crippen molar-refractivity contribution in [1.29, 1.82) is 0 Å². The van der Waals surface area contributed by atoms with E-state index >= 15 is 0 Å². The summed E-state index contributed by atoms with van der Waals surface area (Å²) in [6.07, 6.45) is 1.48. The van der Waals surface area contributed by atoms with Crippen molar-refractivity contribution in [2.75, 3.05) is 6.61 Å². The molecule has 2 aromatic heterocycles. The second-order valence-corrected chi connectivity index (χ2v) is 9.49. The van der Waals surface area contributed by atoms with Crippen LogP contribution in [0.25, 0.3) is 17.4 Å². The maximum atomic E-state index is 13.7. The molecule has 0 fully saturated rings. The zero-order valence-electron chi connectivity index (χ0n) is 20.5. The van der Waals surface area contributed by atoms with E-state index in [1.807, 2.05) is 0 Å². The average molecular weight is 552 g/mol. The lowest BCUT2D eigenvalue weighted by atomic mass is 9.96. The Morgan fingerprint density at radius 2 is 1.95 bits per heavy atom. The van der Waals surface area contributed by atoms with Gasteiger partial charge in [-0.15, -0.1) is 0 Å². The van der Waals surface area contributed by atoms with Gasteiger partial charge in [-0.05, 0) is 55.8 Å². The van der Waals surface area contributed by atoms with Gasteiger partial charge >= 0.3 is 11.7 Å².